The Morgan fingerprint density at radius 1 is 0.875 bits per heavy atom. The Balaban J connectivity index is -0.00000000381. The molecule has 47 valence electrons. The molecule has 0 fully saturated rings. The quantitative estimate of drug-likeness (QED) is 0.313. The van der Waals surface area contributed by atoms with Gasteiger partial charge in [0.15, 0.2) is 0 Å². The van der Waals surface area contributed by atoms with E-state index in [0.29, 0.717) is 0 Å². The van der Waals surface area contributed by atoms with E-state index in [1.165, 1.54) is 0 Å². The van der Waals surface area contributed by atoms with Crippen LogP contribution in [-0.2, 0) is 0 Å². The van der Waals surface area contributed by atoms with Gasteiger partial charge in [-0.1, -0.05) is 0 Å². The minimum Gasteiger partial charge on any atom is -1.00 e. The van der Waals surface area contributed by atoms with Crippen molar-refractivity contribution in [3.8, 4) is 0 Å². The van der Waals surface area contributed by atoms with Gasteiger partial charge >= 0.3 is 100 Å². The molecule has 0 atom stereocenters. The van der Waals surface area contributed by atoms with Gasteiger partial charge in [0, 0.05) is 49.4 Å². The summed E-state index contributed by atoms with van der Waals surface area (Å²) in [5.41, 5.74) is 0. The van der Waals surface area contributed by atoms with Crippen LogP contribution in [0.2, 0.25) is 0 Å². The van der Waals surface area contributed by atoms with Gasteiger partial charge in [-0.05, 0) is 0 Å². The molecule has 0 aromatic carbocycles. The fourth-order valence-corrected chi connectivity index (χ4v) is 0. The zero-order valence-electron chi connectivity index (χ0n) is 8.08. The smallest absolute Gasteiger partial charge is 1.00 e. The zero-order valence-corrected chi connectivity index (χ0v) is 14.5. The summed E-state index contributed by atoms with van der Waals surface area (Å²) in [6.07, 6.45) is 0. The molecular weight excluding hydrogens is 419 g/mol. The standard InChI is InChI=1S/Eu.H4O4Si.2Sr.4H/c;1-5(2,3)4;;;;;;/h;1-4H;;;;;;/q;;2*+2;4*-1. The molecule has 0 aromatic rings. The van der Waals surface area contributed by atoms with Crippen molar-refractivity contribution >= 4 is 100 Å². The molecule has 0 spiro atoms. The van der Waals surface area contributed by atoms with Crippen molar-refractivity contribution in [2.45, 2.75) is 0 Å². The first-order chi connectivity index (χ1) is 2.00. The van der Waals surface area contributed by atoms with Gasteiger partial charge in [-0.25, -0.2) is 0 Å². The van der Waals surface area contributed by atoms with Crippen LogP contribution in [0.5, 0.6) is 0 Å². The molecule has 8 heavy (non-hydrogen) atoms. The van der Waals surface area contributed by atoms with E-state index in [1.54, 1.807) is 0 Å². The molecule has 4 nitrogen and oxygen atoms in total. The topological polar surface area (TPSA) is 80.9 Å². The van der Waals surface area contributed by atoms with E-state index in [0.717, 1.165) is 0 Å². The van der Waals surface area contributed by atoms with Gasteiger partial charge in [0.05, 0.1) is 0 Å². The molecule has 0 unspecified atom stereocenters. The molecule has 0 aliphatic rings. The number of rotatable bonds is 0. The van der Waals surface area contributed by atoms with Crippen molar-refractivity contribution in [3.63, 3.8) is 0 Å². The Bertz CT molecular complexity index is 40.5. The minimum atomic E-state index is -4.61. The van der Waals surface area contributed by atoms with Crippen LogP contribution in [0.4, 0.5) is 0 Å². The summed E-state index contributed by atoms with van der Waals surface area (Å²) >= 11 is 0. The van der Waals surface area contributed by atoms with Crippen LogP contribution in [0.25, 0.3) is 0 Å². The second-order valence-electron chi connectivity index (χ2n) is 0.600. The zero-order chi connectivity index (χ0) is 4.50. The van der Waals surface area contributed by atoms with E-state index in [-0.39, 0.29) is 146 Å². The monoisotopic (exact) mass is 429 g/mol. The van der Waals surface area contributed by atoms with Gasteiger partial charge in [0.1, 0.15) is 0 Å². The van der Waals surface area contributed by atoms with Crippen LogP contribution >= 0.6 is 0 Å². The third kappa shape index (κ3) is 46.2. The molecule has 4 N–H and O–H groups in total. The Hall–Kier alpha value is 4.60. The maximum absolute atomic E-state index is 7.33. The van der Waals surface area contributed by atoms with Crippen LogP contribution in [0.1, 0.15) is 5.71 Å². The average molecular weight is 427 g/mol. The summed E-state index contributed by atoms with van der Waals surface area (Å²) in [5, 5.41) is 0. The van der Waals surface area contributed by atoms with Gasteiger partial charge in [-0.2, -0.15) is 0 Å². The number of hydrogen-bond acceptors (Lipinski definition) is 4. The largest absolute Gasteiger partial charge is 2.00 e. The van der Waals surface area contributed by atoms with E-state index in [9.17, 15) is 0 Å². The SMILES string of the molecule is O[Si](O)(O)O.[Eu].[H-].[H-].[H-].[H-].[Sr+2].[Sr+2]. The Morgan fingerprint density at radius 3 is 0.875 bits per heavy atom. The molecule has 0 saturated heterocycles. The van der Waals surface area contributed by atoms with Crippen molar-refractivity contribution in [1.29, 1.82) is 0 Å². The molecule has 0 aromatic heterocycles. The minimum absolute atomic E-state index is 0. The average Bonchev–Trinajstić information content (AvgIpc) is 0.722. The second kappa shape index (κ2) is 11.6. The summed E-state index contributed by atoms with van der Waals surface area (Å²) in [5.74, 6) is 0. The van der Waals surface area contributed by atoms with Crippen molar-refractivity contribution in [1.82, 2.24) is 0 Å². The summed E-state index contributed by atoms with van der Waals surface area (Å²) in [4.78, 5) is 29.3. The predicted molar refractivity (Wildman–Crippen MR) is 30.6 cm³/mol. The molecule has 0 bridgehead atoms. The first-order valence-corrected chi connectivity index (χ1v) is 2.68. The van der Waals surface area contributed by atoms with E-state index in [2.05, 4.69) is 0 Å². The summed E-state index contributed by atoms with van der Waals surface area (Å²) in [6.45, 7) is 0. The summed E-state index contributed by atoms with van der Waals surface area (Å²) < 4.78 is 0. The van der Waals surface area contributed by atoms with Crippen molar-refractivity contribution in [3.05, 3.63) is 0 Å². The van der Waals surface area contributed by atoms with Gasteiger partial charge in [-0.15, -0.1) is 0 Å². The molecule has 8 heteroatoms. The Morgan fingerprint density at radius 2 is 0.875 bits per heavy atom. The summed E-state index contributed by atoms with van der Waals surface area (Å²) in [7, 11) is -4.61. The Kier molecular flexibility index (Phi) is 33.2. The maximum atomic E-state index is 7.33. The summed E-state index contributed by atoms with van der Waals surface area (Å²) in [6, 6.07) is 0. The van der Waals surface area contributed by atoms with E-state index in [4.69, 9.17) is 19.2 Å². The molecule has 0 saturated carbocycles. The van der Waals surface area contributed by atoms with Crippen LogP contribution < -0.4 is 0 Å². The first kappa shape index (κ1) is 22.9. The maximum Gasteiger partial charge on any atom is 2.00 e. The van der Waals surface area contributed by atoms with Gasteiger partial charge in [0.25, 0.3) is 0 Å². The van der Waals surface area contributed by atoms with Crippen LogP contribution in [0.15, 0.2) is 0 Å². The van der Waals surface area contributed by atoms with Crippen molar-refractivity contribution < 1.29 is 74.3 Å². The third-order valence-corrected chi connectivity index (χ3v) is 0. The van der Waals surface area contributed by atoms with E-state index >= 15 is 0 Å². The predicted octanol–water partition coefficient (Wildman–Crippen LogP) is -2.92. The molecule has 1 radical (unpaired) electrons. The first-order valence-electron chi connectivity index (χ1n) is 0.894. The van der Waals surface area contributed by atoms with Crippen molar-refractivity contribution in [2.75, 3.05) is 0 Å². The van der Waals surface area contributed by atoms with Gasteiger partial charge in [0.2, 0.25) is 0 Å². The Labute approximate surface area is 169 Å². The molecular formula is H8EuO4SiSr2. The van der Waals surface area contributed by atoms with Gasteiger partial charge < -0.3 is 24.9 Å². The molecule has 0 heterocycles. The fourth-order valence-electron chi connectivity index (χ4n) is 0. The molecule has 0 amide bonds. The van der Waals surface area contributed by atoms with Crippen LogP contribution in [0, 0.1) is 49.4 Å². The normalized spacial score (nSPS) is 7.50. The second-order valence-corrected chi connectivity index (χ2v) is 1.80. The van der Waals surface area contributed by atoms with E-state index < -0.39 is 9.05 Å². The third-order valence-electron chi connectivity index (χ3n) is 0. The van der Waals surface area contributed by atoms with Crippen LogP contribution in [0.3, 0.4) is 0 Å². The van der Waals surface area contributed by atoms with E-state index in [1.807, 2.05) is 0 Å². The molecule has 0 aliphatic heterocycles. The van der Waals surface area contributed by atoms with Crippen LogP contribution in [-0.4, -0.2) is 119 Å². The molecule has 0 rings (SSSR count). The van der Waals surface area contributed by atoms with Crippen molar-refractivity contribution in [2.24, 2.45) is 0 Å². The number of hydrogen-bond donors (Lipinski definition) is 4. The van der Waals surface area contributed by atoms with Gasteiger partial charge in [-0.3, -0.25) is 0 Å². The molecule has 0 aliphatic carbocycles. The fraction of sp³-hybridized carbons (Fsp3) is 0.